The van der Waals surface area contributed by atoms with Crippen molar-refractivity contribution < 1.29 is 28.8 Å². The molecular formula is C27H36N4O6. The number of alkyl carbamates (subject to hydrolysis) is 1. The van der Waals surface area contributed by atoms with E-state index in [1.807, 2.05) is 30.3 Å². The fraction of sp³-hybridized carbons (Fsp3) is 0.630. The van der Waals surface area contributed by atoms with E-state index in [2.05, 4.69) is 16.2 Å². The van der Waals surface area contributed by atoms with E-state index in [4.69, 9.17) is 9.57 Å². The number of nitrogens with one attached hydrogen (secondary N) is 3. The molecule has 1 spiro atoms. The number of rotatable bonds is 6. The summed E-state index contributed by atoms with van der Waals surface area (Å²) >= 11 is 0. The summed E-state index contributed by atoms with van der Waals surface area (Å²) in [5, 5.41) is 4.29. The van der Waals surface area contributed by atoms with Gasteiger partial charge in [-0.3, -0.25) is 30.1 Å². The van der Waals surface area contributed by atoms with Crippen LogP contribution >= 0.6 is 0 Å². The molecule has 4 fully saturated rings. The van der Waals surface area contributed by atoms with Gasteiger partial charge in [0.2, 0.25) is 17.7 Å². The Labute approximate surface area is 216 Å². The Hall–Kier alpha value is -3.14. The highest BCUT2D eigenvalue weighted by Gasteiger charge is 2.65. The van der Waals surface area contributed by atoms with E-state index in [-0.39, 0.29) is 41.1 Å². The van der Waals surface area contributed by atoms with Gasteiger partial charge in [-0.2, -0.15) is 0 Å². The summed E-state index contributed by atoms with van der Waals surface area (Å²) in [5.74, 6) is -2.03. The van der Waals surface area contributed by atoms with E-state index < -0.39 is 23.5 Å². The molecule has 3 aliphatic carbocycles. The summed E-state index contributed by atoms with van der Waals surface area (Å²) < 4.78 is 5.24. The lowest BCUT2D eigenvalue weighted by atomic mass is 9.72. The van der Waals surface area contributed by atoms with Crippen LogP contribution in [0.15, 0.2) is 30.3 Å². The third-order valence-corrected chi connectivity index (χ3v) is 8.09. The van der Waals surface area contributed by atoms with Crippen molar-refractivity contribution in [3.63, 3.8) is 0 Å². The topological polar surface area (TPSA) is 126 Å². The van der Waals surface area contributed by atoms with Gasteiger partial charge in [-0.1, -0.05) is 30.3 Å². The number of nitrogens with zero attached hydrogens (tertiary/aromatic N) is 1. The van der Waals surface area contributed by atoms with Gasteiger partial charge in [0.15, 0.2) is 0 Å². The molecule has 1 aromatic rings. The highest BCUT2D eigenvalue weighted by Crippen LogP contribution is 2.63. The molecule has 0 aromatic heterocycles. The van der Waals surface area contributed by atoms with Crippen molar-refractivity contribution >= 4 is 23.8 Å². The van der Waals surface area contributed by atoms with Gasteiger partial charge >= 0.3 is 6.09 Å². The van der Waals surface area contributed by atoms with Crippen molar-refractivity contribution in [1.82, 2.24) is 21.2 Å². The van der Waals surface area contributed by atoms with E-state index >= 15 is 0 Å². The molecule has 4 amide bonds. The van der Waals surface area contributed by atoms with Crippen LogP contribution in [0, 0.1) is 23.2 Å². The minimum Gasteiger partial charge on any atom is -0.444 e. The molecule has 3 atom stereocenters. The molecule has 1 heterocycles. The Morgan fingerprint density at radius 3 is 2.35 bits per heavy atom. The molecule has 5 rings (SSSR count). The maximum Gasteiger partial charge on any atom is 0.407 e. The molecule has 37 heavy (non-hydrogen) atoms. The number of hydrogen-bond donors (Lipinski definition) is 3. The van der Waals surface area contributed by atoms with E-state index in [9.17, 15) is 19.2 Å². The molecule has 3 N–H and O–H groups in total. The quantitative estimate of drug-likeness (QED) is 0.503. The van der Waals surface area contributed by atoms with Gasteiger partial charge in [-0.05, 0) is 70.3 Å². The number of amides is 4. The zero-order valence-electron chi connectivity index (χ0n) is 21.6. The van der Waals surface area contributed by atoms with Crippen molar-refractivity contribution in [2.75, 3.05) is 0 Å². The van der Waals surface area contributed by atoms with Crippen LogP contribution in [0.2, 0.25) is 0 Å². The lowest BCUT2D eigenvalue weighted by Crippen LogP contribution is -2.54. The lowest BCUT2D eigenvalue weighted by Gasteiger charge is -2.36. The van der Waals surface area contributed by atoms with E-state index in [1.165, 1.54) is 5.06 Å². The second-order valence-corrected chi connectivity index (χ2v) is 11.9. The van der Waals surface area contributed by atoms with Crippen LogP contribution in [0.3, 0.4) is 0 Å². The fourth-order valence-electron chi connectivity index (χ4n) is 5.89. The number of carbonyl (C=O) groups is 4. The van der Waals surface area contributed by atoms with Gasteiger partial charge < -0.3 is 10.1 Å². The number of hydroxylamine groups is 2. The minimum atomic E-state index is -0.585. The largest absolute Gasteiger partial charge is 0.444 e. The number of hydrogen-bond acceptors (Lipinski definition) is 6. The summed E-state index contributed by atoms with van der Waals surface area (Å²) in [6.07, 6.45) is 3.60. The zero-order chi connectivity index (χ0) is 26.4. The maximum absolute atomic E-state index is 13.2. The molecule has 1 aromatic carbocycles. The maximum atomic E-state index is 13.2. The molecule has 0 radical (unpaired) electrons. The Morgan fingerprint density at radius 1 is 1.03 bits per heavy atom. The van der Waals surface area contributed by atoms with E-state index in [1.54, 1.807) is 20.8 Å². The molecule has 10 heteroatoms. The number of ether oxygens (including phenoxy) is 1. The Morgan fingerprint density at radius 2 is 1.70 bits per heavy atom. The smallest absolute Gasteiger partial charge is 0.407 e. The van der Waals surface area contributed by atoms with Crippen LogP contribution in [0.25, 0.3) is 0 Å². The standard InChI is InChI=1S/C27H36N4O6/c1-26(2,3)37-25(35)28-18-11-17(12-18)22(32)29-30-23(33)20-14-27(9-10-27)21-13-19(20)24(34)31(21)36-15-16-7-5-4-6-8-16/h4-8,17-21H,9-15H2,1-3H3,(H,28,35)(H,29,32)(H,30,33)/t17?,18?,19?,20-,21?/m1/s1. The number of benzene rings is 1. The first kappa shape index (κ1) is 25.5. The first-order chi connectivity index (χ1) is 17.5. The van der Waals surface area contributed by atoms with E-state index in [0.717, 1.165) is 18.4 Å². The fourth-order valence-corrected chi connectivity index (χ4v) is 5.89. The van der Waals surface area contributed by atoms with Crippen LogP contribution in [-0.4, -0.2) is 46.6 Å². The average Bonchev–Trinajstić information content (AvgIpc) is 3.53. The van der Waals surface area contributed by atoms with Crippen LogP contribution in [-0.2, 0) is 30.6 Å². The van der Waals surface area contributed by atoms with Crippen molar-refractivity contribution in [3.8, 4) is 0 Å². The highest BCUT2D eigenvalue weighted by molar-refractivity contribution is 5.91. The van der Waals surface area contributed by atoms with Crippen LogP contribution in [0.1, 0.15) is 64.9 Å². The second-order valence-electron chi connectivity index (χ2n) is 11.9. The van der Waals surface area contributed by atoms with Crippen LogP contribution < -0.4 is 16.2 Å². The van der Waals surface area contributed by atoms with E-state index in [0.29, 0.717) is 32.3 Å². The van der Waals surface area contributed by atoms with Gasteiger partial charge in [-0.25, -0.2) is 9.86 Å². The molecule has 1 saturated heterocycles. The van der Waals surface area contributed by atoms with Crippen molar-refractivity contribution in [2.45, 2.75) is 83.6 Å². The molecule has 1 aliphatic heterocycles. The SMILES string of the molecule is CC(C)(C)OC(=O)NC1CC(C(=O)NNC(=O)[C@@H]2CC3(CC3)C3CC2C(=O)N3OCc2ccccc2)C1. The zero-order valence-corrected chi connectivity index (χ0v) is 21.6. The number of fused-ring (bicyclic) bond motifs is 3. The van der Waals surface area contributed by atoms with Gasteiger partial charge in [0, 0.05) is 12.0 Å². The monoisotopic (exact) mass is 512 g/mol. The molecule has 2 bridgehead atoms. The molecule has 3 saturated carbocycles. The van der Waals surface area contributed by atoms with Crippen molar-refractivity contribution in [2.24, 2.45) is 23.2 Å². The third-order valence-electron chi connectivity index (χ3n) is 8.09. The lowest BCUT2D eigenvalue weighted by molar-refractivity contribution is -0.201. The summed E-state index contributed by atoms with van der Waals surface area (Å²) in [6.45, 7) is 5.68. The first-order valence-electron chi connectivity index (χ1n) is 13.1. The van der Waals surface area contributed by atoms with Gasteiger partial charge in [0.1, 0.15) is 12.2 Å². The van der Waals surface area contributed by atoms with Gasteiger partial charge in [0.25, 0.3) is 0 Å². The second kappa shape index (κ2) is 9.63. The molecule has 200 valence electrons. The Kier molecular flexibility index (Phi) is 6.64. The normalized spacial score (nSPS) is 29.3. The van der Waals surface area contributed by atoms with Gasteiger partial charge in [-0.15, -0.1) is 0 Å². The number of carbonyl (C=O) groups excluding carboxylic acids is 4. The summed E-state index contributed by atoms with van der Waals surface area (Å²) in [6, 6.07) is 9.57. The highest BCUT2D eigenvalue weighted by atomic mass is 16.7. The third kappa shape index (κ3) is 5.44. The first-order valence-corrected chi connectivity index (χ1v) is 13.1. The minimum absolute atomic E-state index is 0.00302. The summed E-state index contributed by atoms with van der Waals surface area (Å²) in [5.41, 5.74) is 5.42. The van der Waals surface area contributed by atoms with Crippen LogP contribution in [0.4, 0.5) is 4.79 Å². The Bertz CT molecular complexity index is 1060. The predicted octanol–water partition coefficient (Wildman–Crippen LogP) is 2.59. The average molecular weight is 513 g/mol. The Balaban J connectivity index is 1.10. The summed E-state index contributed by atoms with van der Waals surface area (Å²) in [4.78, 5) is 56.7. The number of hydrazine groups is 1. The summed E-state index contributed by atoms with van der Waals surface area (Å²) in [7, 11) is 0. The molecule has 2 unspecified atom stereocenters. The predicted molar refractivity (Wildman–Crippen MR) is 132 cm³/mol. The van der Waals surface area contributed by atoms with Crippen molar-refractivity contribution in [3.05, 3.63) is 35.9 Å². The van der Waals surface area contributed by atoms with Gasteiger partial charge in [0.05, 0.1) is 17.9 Å². The molecular weight excluding hydrogens is 476 g/mol. The molecule has 10 nitrogen and oxygen atoms in total. The van der Waals surface area contributed by atoms with Crippen molar-refractivity contribution in [1.29, 1.82) is 0 Å². The molecule has 4 aliphatic rings. The van der Waals surface area contributed by atoms with Crippen LogP contribution in [0.5, 0.6) is 0 Å².